The largest absolute Gasteiger partial charge is 0.349 e. The fourth-order valence-electron chi connectivity index (χ4n) is 1.67. The topological polar surface area (TPSA) is 35.8 Å². The molecule has 5 heteroatoms. The van der Waals surface area contributed by atoms with Gasteiger partial charge in [-0.05, 0) is 12.1 Å². The maximum atomic E-state index is 5.39. The Morgan fingerprint density at radius 2 is 2.25 bits per heavy atom. The highest BCUT2D eigenvalue weighted by atomic mass is 32.2. The van der Waals surface area contributed by atoms with Crippen molar-refractivity contribution in [3.63, 3.8) is 0 Å². The molecule has 1 aliphatic heterocycles. The molecule has 0 N–H and O–H groups in total. The Balaban J connectivity index is 1.73. The Morgan fingerprint density at radius 1 is 1.38 bits per heavy atom. The quantitative estimate of drug-likeness (QED) is 0.761. The normalized spacial score (nSPS) is 17.2. The van der Waals surface area contributed by atoms with Crippen LogP contribution in [0.4, 0.5) is 0 Å². The first kappa shape index (κ1) is 10.1. The van der Waals surface area contributed by atoms with Gasteiger partial charge >= 0.3 is 0 Å². The van der Waals surface area contributed by atoms with Crippen molar-refractivity contribution in [1.29, 1.82) is 0 Å². The average molecular weight is 236 g/mol. The Morgan fingerprint density at radius 3 is 3.12 bits per heavy atom. The number of imidazole rings is 1. The molecule has 2 aromatic heterocycles. The van der Waals surface area contributed by atoms with Gasteiger partial charge < -0.3 is 9.47 Å². The molecule has 84 valence electrons. The van der Waals surface area contributed by atoms with Crippen LogP contribution in [0.2, 0.25) is 0 Å². The van der Waals surface area contributed by atoms with E-state index in [1.54, 1.807) is 11.8 Å². The van der Waals surface area contributed by atoms with Gasteiger partial charge in [-0.1, -0.05) is 6.07 Å². The lowest BCUT2D eigenvalue weighted by Crippen LogP contribution is -2.10. The number of hydrogen-bond acceptors (Lipinski definition) is 4. The van der Waals surface area contributed by atoms with Gasteiger partial charge in [0.15, 0.2) is 6.29 Å². The third kappa shape index (κ3) is 1.93. The van der Waals surface area contributed by atoms with Gasteiger partial charge in [0.05, 0.1) is 30.2 Å². The lowest BCUT2D eigenvalue weighted by Gasteiger charge is -2.07. The molecule has 1 aliphatic rings. The molecule has 0 radical (unpaired) electrons. The maximum Gasteiger partial charge on any atom is 0.167 e. The first-order valence-corrected chi connectivity index (χ1v) is 6.20. The lowest BCUT2D eigenvalue weighted by atomic mass is 10.5. The number of aromatic nitrogens is 2. The summed E-state index contributed by atoms with van der Waals surface area (Å²) in [7, 11) is 0. The van der Waals surface area contributed by atoms with E-state index in [-0.39, 0.29) is 6.29 Å². The summed E-state index contributed by atoms with van der Waals surface area (Å²) >= 11 is 1.70. The molecule has 2 aromatic rings. The van der Waals surface area contributed by atoms with Gasteiger partial charge in [-0.3, -0.25) is 4.40 Å². The number of ether oxygens (including phenoxy) is 2. The number of rotatable bonds is 3. The van der Waals surface area contributed by atoms with Gasteiger partial charge in [0, 0.05) is 6.20 Å². The molecule has 3 heterocycles. The first-order valence-electron chi connectivity index (χ1n) is 5.21. The van der Waals surface area contributed by atoms with Crippen LogP contribution in [-0.4, -0.2) is 34.6 Å². The zero-order chi connectivity index (χ0) is 10.8. The molecule has 1 fully saturated rings. The molecule has 0 unspecified atom stereocenters. The second kappa shape index (κ2) is 4.45. The summed E-state index contributed by atoms with van der Waals surface area (Å²) in [5.41, 5.74) is 0.971. The van der Waals surface area contributed by atoms with Crippen LogP contribution in [0.3, 0.4) is 0 Å². The minimum absolute atomic E-state index is 0.0701. The fraction of sp³-hybridized carbons (Fsp3) is 0.364. The van der Waals surface area contributed by atoms with E-state index in [1.807, 2.05) is 30.6 Å². The molecule has 0 spiro atoms. The van der Waals surface area contributed by atoms with Crippen molar-refractivity contribution in [2.75, 3.05) is 19.0 Å². The number of nitrogens with zero attached hydrogens (tertiary/aromatic N) is 2. The van der Waals surface area contributed by atoms with Crippen molar-refractivity contribution < 1.29 is 9.47 Å². The zero-order valence-electron chi connectivity index (χ0n) is 8.70. The Kier molecular flexibility index (Phi) is 2.82. The average Bonchev–Trinajstić information content (AvgIpc) is 2.96. The SMILES string of the molecule is c1ccn2c(SCC3OCCO3)cnc2c1. The van der Waals surface area contributed by atoms with Gasteiger partial charge in [-0.15, -0.1) is 11.8 Å². The molecule has 0 bridgehead atoms. The minimum Gasteiger partial charge on any atom is -0.349 e. The highest BCUT2D eigenvalue weighted by Crippen LogP contribution is 2.22. The molecular formula is C11H12N2O2S. The van der Waals surface area contributed by atoms with Crippen LogP contribution < -0.4 is 0 Å². The monoisotopic (exact) mass is 236 g/mol. The molecule has 0 atom stereocenters. The van der Waals surface area contributed by atoms with Crippen molar-refractivity contribution in [3.8, 4) is 0 Å². The third-order valence-corrected chi connectivity index (χ3v) is 3.48. The van der Waals surface area contributed by atoms with E-state index < -0.39 is 0 Å². The first-order chi connectivity index (χ1) is 7.93. The predicted octanol–water partition coefficient (Wildman–Crippen LogP) is 1.80. The summed E-state index contributed by atoms with van der Waals surface area (Å²) in [5.74, 6) is 0.808. The van der Waals surface area contributed by atoms with Crippen molar-refractivity contribution in [1.82, 2.24) is 9.38 Å². The number of thioether (sulfide) groups is 1. The van der Waals surface area contributed by atoms with Gasteiger partial charge in [0.2, 0.25) is 0 Å². The highest BCUT2D eigenvalue weighted by Gasteiger charge is 2.16. The number of pyridine rings is 1. The second-order valence-corrected chi connectivity index (χ2v) is 4.55. The van der Waals surface area contributed by atoms with E-state index in [9.17, 15) is 0 Å². The number of fused-ring (bicyclic) bond motifs is 1. The van der Waals surface area contributed by atoms with E-state index in [4.69, 9.17) is 9.47 Å². The van der Waals surface area contributed by atoms with E-state index in [1.165, 1.54) is 0 Å². The van der Waals surface area contributed by atoms with Crippen LogP contribution in [0.5, 0.6) is 0 Å². The zero-order valence-corrected chi connectivity index (χ0v) is 9.52. The summed E-state index contributed by atoms with van der Waals surface area (Å²) < 4.78 is 12.9. The summed E-state index contributed by atoms with van der Waals surface area (Å²) in [6, 6.07) is 5.98. The third-order valence-electron chi connectivity index (χ3n) is 2.44. The van der Waals surface area contributed by atoms with Crippen molar-refractivity contribution in [3.05, 3.63) is 30.6 Å². The van der Waals surface area contributed by atoms with Crippen LogP contribution in [0.1, 0.15) is 0 Å². The van der Waals surface area contributed by atoms with Gasteiger partial charge in [0.25, 0.3) is 0 Å². The summed E-state index contributed by atoms with van der Waals surface area (Å²) in [5, 5.41) is 1.12. The van der Waals surface area contributed by atoms with E-state index in [0.717, 1.165) is 16.4 Å². The van der Waals surface area contributed by atoms with Crippen molar-refractivity contribution in [2.45, 2.75) is 11.3 Å². The lowest BCUT2D eigenvalue weighted by molar-refractivity contribution is -0.0214. The van der Waals surface area contributed by atoms with E-state index >= 15 is 0 Å². The standard InChI is InChI=1S/C11H12N2O2S/c1-2-4-13-9(3-1)12-7-10(13)16-8-11-14-5-6-15-11/h1-4,7,11H,5-6,8H2. The van der Waals surface area contributed by atoms with E-state index in [0.29, 0.717) is 13.2 Å². The molecule has 0 aromatic carbocycles. The Labute approximate surface area is 97.6 Å². The fourth-order valence-corrected chi connectivity index (χ4v) is 2.59. The molecule has 0 aliphatic carbocycles. The van der Waals surface area contributed by atoms with Crippen LogP contribution >= 0.6 is 11.8 Å². The highest BCUT2D eigenvalue weighted by molar-refractivity contribution is 7.99. The molecule has 16 heavy (non-hydrogen) atoms. The van der Waals surface area contributed by atoms with Crippen LogP contribution in [-0.2, 0) is 9.47 Å². The van der Waals surface area contributed by atoms with Gasteiger partial charge in [-0.25, -0.2) is 4.98 Å². The van der Waals surface area contributed by atoms with Crippen LogP contribution in [0, 0.1) is 0 Å². The van der Waals surface area contributed by atoms with Crippen LogP contribution in [0.25, 0.3) is 5.65 Å². The molecule has 3 rings (SSSR count). The van der Waals surface area contributed by atoms with Crippen molar-refractivity contribution in [2.24, 2.45) is 0 Å². The summed E-state index contributed by atoms with van der Waals surface area (Å²) in [4.78, 5) is 4.32. The van der Waals surface area contributed by atoms with E-state index in [2.05, 4.69) is 9.38 Å². The summed E-state index contributed by atoms with van der Waals surface area (Å²) in [6.07, 6.45) is 3.83. The molecule has 1 saturated heterocycles. The van der Waals surface area contributed by atoms with Gasteiger partial charge in [0.1, 0.15) is 5.65 Å². The molecular weight excluding hydrogens is 224 g/mol. The van der Waals surface area contributed by atoms with Crippen LogP contribution in [0.15, 0.2) is 35.6 Å². The molecule has 0 saturated carbocycles. The Hall–Kier alpha value is -1.04. The second-order valence-electron chi connectivity index (χ2n) is 3.51. The minimum atomic E-state index is -0.0701. The Bertz CT molecular complexity index is 480. The molecule has 0 amide bonds. The summed E-state index contributed by atoms with van der Waals surface area (Å²) in [6.45, 7) is 1.41. The number of hydrogen-bond donors (Lipinski definition) is 0. The van der Waals surface area contributed by atoms with Crippen molar-refractivity contribution >= 4 is 17.4 Å². The predicted molar refractivity (Wildman–Crippen MR) is 61.6 cm³/mol. The smallest absolute Gasteiger partial charge is 0.167 e. The molecule has 4 nitrogen and oxygen atoms in total. The van der Waals surface area contributed by atoms with Gasteiger partial charge in [-0.2, -0.15) is 0 Å². The maximum absolute atomic E-state index is 5.39.